The van der Waals surface area contributed by atoms with Gasteiger partial charge in [-0.05, 0) is 37.8 Å². The lowest BCUT2D eigenvalue weighted by Gasteiger charge is -2.30. The number of H-pyrrole nitrogens is 1. The lowest BCUT2D eigenvalue weighted by atomic mass is 9.90. The predicted octanol–water partition coefficient (Wildman–Crippen LogP) is 4.56. The molecule has 0 bridgehead atoms. The molecule has 0 saturated heterocycles. The van der Waals surface area contributed by atoms with Crippen molar-refractivity contribution in [3.8, 4) is 11.5 Å². The molecule has 2 atom stereocenters. The number of carbonyl (C=O) groups excluding carboxylic acids is 1. The van der Waals surface area contributed by atoms with Gasteiger partial charge in [0.05, 0.1) is 27.7 Å². The van der Waals surface area contributed by atoms with E-state index in [2.05, 4.69) is 35.8 Å². The molecule has 4 aromatic rings. The maximum Gasteiger partial charge on any atom is 0.252 e. The van der Waals surface area contributed by atoms with Gasteiger partial charge >= 0.3 is 0 Å². The molecular formula is C21H18ClF2N7OS. The Balaban J connectivity index is 1.31. The van der Waals surface area contributed by atoms with Crippen LogP contribution < -0.4 is 10.6 Å². The Bertz CT molecular complexity index is 1330. The van der Waals surface area contributed by atoms with Crippen molar-refractivity contribution in [3.05, 3.63) is 51.4 Å². The molecular weight excluding hydrogens is 472 g/mol. The second-order valence-corrected chi connectivity index (χ2v) is 9.37. The highest BCUT2D eigenvalue weighted by molar-refractivity contribution is 7.14. The molecule has 1 aliphatic rings. The summed E-state index contributed by atoms with van der Waals surface area (Å²) in [5.41, 5.74) is 1.19. The van der Waals surface area contributed by atoms with Crippen LogP contribution in [0.5, 0.6) is 0 Å². The van der Waals surface area contributed by atoms with Gasteiger partial charge in [-0.15, -0.1) is 11.3 Å². The summed E-state index contributed by atoms with van der Waals surface area (Å²) in [4.78, 5) is 24.7. The highest BCUT2D eigenvalue weighted by Gasteiger charge is 2.25. The Morgan fingerprint density at radius 2 is 2.03 bits per heavy atom. The van der Waals surface area contributed by atoms with Crippen LogP contribution in [0.25, 0.3) is 22.6 Å². The number of amides is 1. The van der Waals surface area contributed by atoms with E-state index in [1.54, 1.807) is 11.4 Å². The van der Waals surface area contributed by atoms with E-state index in [0.717, 1.165) is 31.7 Å². The number of aromatic amines is 1. The zero-order valence-electron chi connectivity index (χ0n) is 17.1. The Hall–Kier alpha value is -3.18. The number of anilines is 1. The number of fused-ring (bicyclic) bond motifs is 1. The molecule has 4 heterocycles. The normalized spacial score (nSPS) is 18.4. The van der Waals surface area contributed by atoms with Crippen LogP contribution in [0, 0.1) is 11.6 Å². The van der Waals surface area contributed by atoms with E-state index < -0.39 is 11.6 Å². The molecule has 0 spiro atoms. The largest absolute Gasteiger partial charge is 0.365 e. The minimum absolute atomic E-state index is 0.0358. The summed E-state index contributed by atoms with van der Waals surface area (Å²) in [5, 5.41) is 15.0. The number of thiophene rings is 1. The van der Waals surface area contributed by atoms with Crippen LogP contribution in [0.15, 0.2) is 29.9 Å². The first-order chi connectivity index (χ1) is 16.0. The van der Waals surface area contributed by atoms with Gasteiger partial charge < -0.3 is 10.6 Å². The summed E-state index contributed by atoms with van der Waals surface area (Å²) in [6, 6.07) is 2.76. The smallest absolute Gasteiger partial charge is 0.252 e. The summed E-state index contributed by atoms with van der Waals surface area (Å²) < 4.78 is 28.7. The van der Waals surface area contributed by atoms with Crippen LogP contribution in [0.3, 0.4) is 0 Å². The third-order valence-corrected chi connectivity index (χ3v) is 6.62. The molecule has 1 fully saturated rings. The number of rotatable bonds is 5. The number of halogens is 3. The molecule has 0 radical (unpaired) electrons. The molecule has 1 aliphatic carbocycles. The summed E-state index contributed by atoms with van der Waals surface area (Å²) in [5.74, 6) is -1.10. The number of pyridine rings is 1. The fraction of sp³-hybridized carbons (Fsp3) is 0.286. The fourth-order valence-electron chi connectivity index (χ4n) is 3.98. The number of nitrogens with zero attached hydrogens (tertiary/aromatic N) is 4. The third-order valence-electron chi connectivity index (χ3n) is 5.52. The number of nitrogens with one attached hydrogen (secondary N) is 3. The fourth-order valence-corrected chi connectivity index (χ4v) is 4.84. The van der Waals surface area contributed by atoms with Crippen molar-refractivity contribution in [1.29, 1.82) is 0 Å². The van der Waals surface area contributed by atoms with E-state index in [-0.39, 0.29) is 29.6 Å². The summed E-state index contributed by atoms with van der Waals surface area (Å²) in [7, 11) is 0. The summed E-state index contributed by atoms with van der Waals surface area (Å²) >= 11 is 7.22. The van der Waals surface area contributed by atoms with Crippen molar-refractivity contribution in [2.75, 3.05) is 5.32 Å². The van der Waals surface area contributed by atoms with Crippen LogP contribution in [-0.4, -0.2) is 43.1 Å². The van der Waals surface area contributed by atoms with Gasteiger partial charge in [-0.25, -0.2) is 23.7 Å². The lowest BCUT2D eigenvalue weighted by molar-refractivity contribution is 0.0927. The quantitative estimate of drug-likeness (QED) is 0.379. The van der Waals surface area contributed by atoms with Gasteiger partial charge in [-0.2, -0.15) is 5.10 Å². The monoisotopic (exact) mass is 489 g/mol. The van der Waals surface area contributed by atoms with Gasteiger partial charge in [-0.1, -0.05) is 11.6 Å². The van der Waals surface area contributed by atoms with Gasteiger partial charge in [0.1, 0.15) is 11.5 Å². The van der Waals surface area contributed by atoms with Crippen molar-refractivity contribution in [1.82, 2.24) is 30.5 Å². The van der Waals surface area contributed by atoms with E-state index >= 15 is 0 Å². The van der Waals surface area contributed by atoms with E-state index in [9.17, 15) is 13.6 Å². The van der Waals surface area contributed by atoms with Gasteiger partial charge in [0.25, 0.3) is 5.91 Å². The second-order valence-electron chi connectivity index (χ2n) is 7.83. The summed E-state index contributed by atoms with van der Waals surface area (Å²) in [6.45, 7) is 0. The SMILES string of the molecule is O=C(NC1CCC[C@H](Nc2nc(-c3[nH]nc4ncc(F)cc34)ncc2F)C1)c1csc(Cl)c1. The number of hydrogen-bond acceptors (Lipinski definition) is 7. The number of aromatic nitrogens is 5. The first kappa shape index (κ1) is 21.7. The van der Waals surface area contributed by atoms with Gasteiger partial charge in [-0.3, -0.25) is 9.89 Å². The van der Waals surface area contributed by atoms with Crippen molar-refractivity contribution in [2.24, 2.45) is 0 Å². The van der Waals surface area contributed by atoms with E-state index in [1.165, 1.54) is 17.4 Å². The van der Waals surface area contributed by atoms with Gasteiger partial charge in [0.15, 0.2) is 23.1 Å². The first-order valence-corrected chi connectivity index (χ1v) is 11.6. The van der Waals surface area contributed by atoms with E-state index in [4.69, 9.17) is 11.6 Å². The average Bonchev–Trinajstić information content (AvgIpc) is 3.42. The van der Waals surface area contributed by atoms with Crippen molar-refractivity contribution in [2.45, 2.75) is 37.8 Å². The topological polar surface area (TPSA) is 108 Å². The molecule has 5 rings (SSSR count). The molecule has 170 valence electrons. The van der Waals surface area contributed by atoms with Crippen LogP contribution >= 0.6 is 22.9 Å². The molecule has 4 aromatic heterocycles. The van der Waals surface area contributed by atoms with E-state index in [1.807, 2.05) is 0 Å². The van der Waals surface area contributed by atoms with Gasteiger partial charge in [0, 0.05) is 17.5 Å². The minimum atomic E-state index is -0.606. The number of carbonyl (C=O) groups is 1. The Kier molecular flexibility index (Phi) is 5.90. The molecule has 0 aromatic carbocycles. The Labute approximate surface area is 195 Å². The highest BCUT2D eigenvalue weighted by atomic mass is 35.5. The first-order valence-electron chi connectivity index (χ1n) is 10.3. The van der Waals surface area contributed by atoms with Crippen molar-refractivity contribution >= 4 is 45.7 Å². The molecule has 12 heteroatoms. The summed E-state index contributed by atoms with van der Waals surface area (Å²) in [6.07, 6.45) is 5.24. The van der Waals surface area contributed by atoms with Crippen LogP contribution in [0.4, 0.5) is 14.6 Å². The maximum absolute atomic E-state index is 14.5. The second kappa shape index (κ2) is 8.99. The zero-order chi connectivity index (χ0) is 22.9. The van der Waals surface area contributed by atoms with Crippen LogP contribution in [0.1, 0.15) is 36.0 Å². The number of hydrogen-bond donors (Lipinski definition) is 3. The molecule has 1 saturated carbocycles. The lowest BCUT2D eigenvalue weighted by Crippen LogP contribution is -2.41. The zero-order valence-corrected chi connectivity index (χ0v) is 18.7. The molecule has 1 amide bonds. The molecule has 33 heavy (non-hydrogen) atoms. The van der Waals surface area contributed by atoms with Crippen LogP contribution in [0.2, 0.25) is 4.34 Å². The minimum Gasteiger partial charge on any atom is -0.365 e. The third kappa shape index (κ3) is 4.64. The van der Waals surface area contributed by atoms with Crippen molar-refractivity contribution in [3.63, 3.8) is 0 Å². The molecule has 1 unspecified atom stereocenters. The Morgan fingerprint density at radius 1 is 1.18 bits per heavy atom. The van der Waals surface area contributed by atoms with Gasteiger partial charge in [0.2, 0.25) is 0 Å². The molecule has 3 N–H and O–H groups in total. The predicted molar refractivity (Wildman–Crippen MR) is 121 cm³/mol. The average molecular weight is 490 g/mol. The maximum atomic E-state index is 14.5. The highest BCUT2D eigenvalue weighted by Crippen LogP contribution is 2.27. The van der Waals surface area contributed by atoms with E-state index in [0.29, 0.717) is 33.0 Å². The van der Waals surface area contributed by atoms with Crippen LogP contribution in [-0.2, 0) is 0 Å². The molecule has 8 nitrogen and oxygen atoms in total. The standard InChI is InChI=1S/C21H18ClF2N7OS/c22-16-4-10(9-33-16)21(32)28-13-3-1-2-12(6-13)27-19-15(24)8-26-20(29-19)17-14-5-11(23)7-25-18(14)31-30-17/h4-5,7-9,12-13H,1-3,6H2,(H,28,32)(H,25,30,31)(H,26,27,29)/t12-,13?/m0/s1. The Morgan fingerprint density at radius 3 is 2.85 bits per heavy atom. The van der Waals surface area contributed by atoms with Crippen molar-refractivity contribution < 1.29 is 13.6 Å². The molecule has 0 aliphatic heterocycles.